The van der Waals surface area contributed by atoms with Crippen LogP contribution in [0.1, 0.15) is 40.0 Å². The van der Waals surface area contributed by atoms with E-state index in [9.17, 15) is 0 Å². The van der Waals surface area contributed by atoms with Crippen LogP contribution in [0.3, 0.4) is 0 Å². The van der Waals surface area contributed by atoms with E-state index in [0.29, 0.717) is 11.5 Å². The fourth-order valence-corrected chi connectivity index (χ4v) is 1.69. The molecule has 70 valence electrons. The van der Waals surface area contributed by atoms with Gasteiger partial charge in [0.1, 0.15) is 0 Å². The van der Waals surface area contributed by atoms with E-state index in [1.165, 1.54) is 18.4 Å². The number of rotatable bonds is 0. The molecule has 1 heterocycles. The van der Waals surface area contributed by atoms with Crippen LogP contribution in [0.15, 0.2) is 12.2 Å². The predicted octanol–water partition coefficient (Wildman–Crippen LogP) is 2.73. The van der Waals surface area contributed by atoms with Gasteiger partial charge in [0, 0.05) is 6.04 Å². The summed E-state index contributed by atoms with van der Waals surface area (Å²) < 4.78 is 0. The van der Waals surface area contributed by atoms with E-state index in [0.717, 1.165) is 13.0 Å². The molecule has 0 spiro atoms. The molecule has 0 saturated carbocycles. The highest BCUT2D eigenvalue weighted by Gasteiger charge is 2.25. The standard InChI is InChI=1S/C11H21N/c1-9-6-5-7-12-10(8-9)11(2,3)4/h10,12H,1,5-8H2,2-4H3. The Morgan fingerprint density at radius 3 is 2.67 bits per heavy atom. The van der Waals surface area contributed by atoms with Crippen molar-refractivity contribution in [1.82, 2.24) is 5.32 Å². The molecule has 1 nitrogen and oxygen atoms in total. The Labute approximate surface area is 76.2 Å². The molecule has 1 unspecified atom stereocenters. The normalized spacial score (nSPS) is 26.9. The Hall–Kier alpha value is -0.300. The first kappa shape index (κ1) is 9.79. The average molecular weight is 167 g/mol. The monoisotopic (exact) mass is 167 g/mol. The van der Waals surface area contributed by atoms with Gasteiger partial charge in [-0.3, -0.25) is 0 Å². The molecule has 1 N–H and O–H groups in total. The van der Waals surface area contributed by atoms with Crippen molar-refractivity contribution in [2.45, 2.75) is 46.1 Å². The summed E-state index contributed by atoms with van der Waals surface area (Å²) in [6.07, 6.45) is 3.62. The summed E-state index contributed by atoms with van der Waals surface area (Å²) in [5.74, 6) is 0. The van der Waals surface area contributed by atoms with E-state index in [2.05, 4.69) is 32.7 Å². The van der Waals surface area contributed by atoms with Crippen LogP contribution in [0, 0.1) is 5.41 Å². The quantitative estimate of drug-likeness (QED) is 0.547. The summed E-state index contributed by atoms with van der Waals surface area (Å²) >= 11 is 0. The molecule has 1 heteroatoms. The Kier molecular flexibility index (Phi) is 2.94. The van der Waals surface area contributed by atoms with Crippen molar-refractivity contribution >= 4 is 0 Å². The molecule has 1 aliphatic heterocycles. The number of nitrogens with one attached hydrogen (secondary N) is 1. The predicted molar refractivity (Wildman–Crippen MR) is 54.2 cm³/mol. The Morgan fingerprint density at radius 2 is 2.08 bits per heavy atom. The molecule has 1 aliphatic rings. The van der Waals surface area contributed by atoms with E-state index in [1.807, 2.05) is 0 Å². The first-order valence-corrected chi connectivity index (χ1v) is 4.90. The summed E-state index contributed by atoms with van der Waals surface area (Å²) in [5.41, 5.74) is 1.78. The maximum absolute atomic E-state index is 4.10. The van der Waals surface area contributed by atoms with Crippen LogP contribution in [0.25, 0.3) is 0 Å². The third-order valence-corrected chi connectivity index (χ3v) is 2.64. The van der Waals surface area contributed by atoms with E-state index < -0.39 is 0 Å². The van der Waals surface area contributed by atoms with Crippen LogP contribution < -0.4 is 5.32 Å². The minimum absolute atomic E-state index is 0.368. The van der Waals surface area contributed by atoms with Gasteiger partial charge < -0.3 is 5.32 Å². The van der Waals surface area contributed by atoms with Crippen molar-refractivity contribution in [3.05, 3.63) is 12.2 Å². The second kappa shape index (κ2) is 3.61. The lowest BCUT2D eigenvalue weighted by Crippen LogP contribution is -2.39. The minimum Gasteiger partial charge on any atom is -0.313 e. The average Bonchev–Trinajstić information content (AvgIpc) is 2.11. The smallest absolute Gasteiger partial charge is 0.0153 e. The molecule has 1 saturated heterocycles. The summed E-state index contributed by atoms with van der Waals surface area (Å²) in [6.45, 7) is 12.1. The van der Waals surface area contributed by atoms with E-state index >= 15 is 0 Å². The van der Waals surface area contributed by atoms with Crippen LogP contribution in [0.2, 0.25) is 0 Å². The number of hydrogen-bond acceptors (Lipinski definition) is 1. The van der Waals surface area contributed by atoms with Gasteiger partial charge in [-0.05, 0) is 31.2 Å². The zero-order chi connectivity index (χ0) is 9.19. The fourth-order valence-electron chi connectivity index (χ4n) is 1.69. The molecule has 12 heavy (non-hydrogen) atoms. The second-order valence-electron chi connectivity index (χ2n) is 4.93. The van der Waals surface area contributed by atoms with Gasteiger partial charge in [-0.2, -0.15) is 0 Å². The lowest BCUT2D eigenvalue weighted by molar-refractivity contribution is 0.273. The third kappa shape index (κ3) is 2.63. The maximum Gasteiger partial charge on any atom is 0.0153 e. The molecule has 0 aliphatic carbocycles. The molecule has 0 amide bonds. The highest BCUT2D eigenvalue weighted by molar-refractivity contribution is 5.02. The van der Waals surface area contributed by atoms with E-state index in [-0.39, 0.29) is 0 Å². The SMILES string of the molecule is C=C1CCCNC(C(C)(C)C)C1. The molecular weight excluding hydrogens is 146 g/mol. The van der Waals surface area contributed by atoms with Gasteiger partial charge in [0.2, 0.25) is 0 Å². The fraction of sp³-hybridized carbons (Fsp3) is 0.818. The van der Waals surface area contributed by atoms with Crippen molar-refractivity contribution in [1.29, 1.82) is 0 Å². The topological polar surface area (TPSA) is 12.0 Å². The molecule has 0 bridgehead atoms. The molecule has 1 fully saturated rings. The molecule has 1 atom stereocenters. The van der Waals surface area contributed by atoms with Crippen LogP contribution in [0.4, 0.5) is 0 Å². The van der Waals surface area contributed by atoms with Crippen LogP contribution >= 0.6 is 0 Å². The van der Waals surface area contributed by atoms with Crippen molar-refractivity contribution < 1.29 is 0 Å². The first-order valence-electron chi connectivity index (χ1n) is 4.90. The summed E-state index contributed by atoms with van der Waals surface area (Å²) in [5, 5.41) is 3.59. The van der Waals surface area contributed by atoms with Gasteiger partial charge in [-0.25, -0.2) is 0 Å². The highest BCUT2D eigenvalue weighted by Crippen LogP contribution is 2.27. The van der Waals surface area contributed by atoms with Gasteiger partial charge in [0.15, 0.2) is 0 Å². The zero-order valence-electron chi connectivity index (χ0n) is 8.61. The molecular formula is C11H21N. The van der Waals surface area contributed by atoms with Crippen molar-refractivity contribution in [3.63, 3.8) is 0 Å². The lowest BCUT2D eigenvalue weighted by atomic mass is 9.83. The third-order valence-electron chi connectivity index (χ3n) is 2.64. The highest BCUT2D eigenvalue weighted by atomic mass is 14.9. The van der Waals surface area contributed by atoms with Gasteiger partial charge in [-0.1, -0.05) is 32.9 Å². The van der Waals surface area contributed by atoms with Crippen LogP contribution in [-0.4, -0.2) is 12.6 Å². The van der Waals surface area contributed by atoms with Gasteiger partial charge in [0.05, 0.1) is 0 Å². The molecule has 0 aromatic carbocycles. The molecule has 0 radical (unpaired) electrons. The maximum atomic E-state index is 4.10. The summed E-state index contributed by atoms with van der Waals surface area (Å²) in [4.78, 5) is 0. The Balaban J connectivity index is 2.58. The van der Waals surface area contributed by atoms with Gasteiger partial charge in [-0.15, -0.1) is 0 Å². The summed E-state index contributed by atoms with van der Waals surface area (Å²) in [6, 6.07) is 0.618. The Bertz CT molecular complexity index is 164. The Morgan fingerprint density at radius 1 is 1.42 bits per heavy atom. The van der Waals surface area contributed by atoms with Crippen molar-refractivity contribution in [2.75, 3.05) is 6.54 Å². The summed E-state index contributed by atoms with van der Waals surface area (Å²) in [7, 11) is 0. The van der Waals surface area contributed by atoms with Crippen LogP contribution in [-0.2, 0) is 0 Å². The largest absolute Gasteiger partial charge is 0.313 e. The van der Waals surface area contributed by atoms with Crippen molar-refractivity contribution in [3.8, 4) is 0 Å². The van der Waals surface area contributed by atoms with Crippen molar-refractivity contribution in [2.24, 2.45) is 5.41 Å². The lowest BCUT2D eigenvalue weighted by Gasteiger charge is -2.30. The van der Waals surface area contributed by atoms with Crippen LogP contribution in [0.5, 0.6) is 0 Å². The van der Waals surface area contributed by atoms with Gasteiger partial charge in [0.25, 0.3) is 0 Å². The minimum atomic E-state index is 0.368. The number of hydrogen-bond donors (Lipinski definition) is 1. The molecule has 0 aromatic rings. The van der Waals surface area contributed by atoms with E-state index in [4.69, 9.17) is 0 Å². The molecule has 0 aromatic heterocycles. The van der Waals surface area contributed by atoms with Gasteiger partial charge >= 0.3 is 0 Å². The zero-order valence-corrected chi connectivity index (χ0v) is 8.61. The molecule has 1 rings (SSSR count). The second-order valence-corrected chi connectivity index (χ2v) is 4.93. The first-order chi connectivity index (χ1) is 5.50. The van der Waals surface area contributed by atoms with E-state index in [1.54, 1.807) is 0 Å².